The lowest BCUT2D eigenvalue weighted by atomic mass is 10.0. The van der Waals surface area contributed by atoms with Crippen LogP contribution in [0.1, 0.15) is 32.1 Å². The standard InChI is InChI=1S/C12H12BrN3O2/c1-3-8(7(2)17)12-15-11(16-18-12)10-9(13)5-4-6-14-10/h4-6,8H,3H2,1-2H3. The van der Waals surface area contributed by atoms with Crippen molar-refractivity contribution in [2.24, 2.45) is 0 Å². The predicted octanol–water partition coefficient (Wildman–Crippen LogP) is 2.98. The number of hydrogen-bond acceptors (Lipinski definition) is 5. The third-order valence-electron chi connectivity index (χ3n) is 2.61. The van der Waals surface area contributed by atoms with E-state index < -0.39 is 0 Å². The Morgan fingerprint density at radius 3 is 2.94 bits per heavy atom. The molecule has 2 aromatic heterocycles. The molecule has 0 fully saturated rings. The number of hydrogen-bond donors (Lipinski definition) is 0. The van der Waals surface area contributed by atoms with E-state index in [4.69, 9.17) is 4.52 Å². The summed E-state index contributed by atoms with van der Waals surface area (Å²) in [6, 6.07) is 3.65. The summed E-state index contributed by atoms with van der Waals surface area (Å²) in [6.45, 7) is 3.43. The second-order valence-corrected chi connectivity index (χ2v) is 4.72. The van der Waals surface area contributed by atoms with E-state index >= 15 is 0 Å². The number of aromatic nitrogens is 3. The van der Waals surface area contributed by atoms with Gasteiger partial charge >= 0.3 is 0 Å². The van der Waals surface area contributed by atoms with E-state index in [0.29, 0.717) is 23.8 Å². The molecule has 0 N–H and O–H groups in total. The lowest BCUT2D eigenvalue weighted by Crippen LogP contribution is -2.07. The van der Waals surface area contributed by atoms with E-state index in [1.807, 2.05) is 13.0 Å². The first-order valence-electron chi connectivity index (χ1n) is 5.58. The quantitative estimate of drug-likeness (QED) is 0.868. The average molecular weight is 310 g/mol. The number of rotatable bonds is 4. The molecule has 2 heterocycles. The van der Waals surface area contributed by atoms with Crippen LogP contribution in [0.2, 0.25) is 0 Å². The van der Waals surface area contributed by atoms with Crippen molar-refractivity contribution >= 4 is 21.7 Å². The molecule has 0 saturated heterocycles. The molecule has 0 aromatic carbocycles. The van der Waals surface area contributed by atoms with Gasteiger partial charge in [0.15, 0.2) is 0 Å². The van der Waals surface area contributed by atoms with Crippen molar-refractivity contribution in [1.29, 1.82) is 0 Å². The fourth-order valence-electron chi connectivity index (χ4n) is 1.66. The lowest BCUT2D eigenvalue weighted by Gasteiger charge is -2.03. The Kier molecular flexibility index (Phi) is 3.86. The minimum atomic E-state index is -0.339. The van der Waals surface area contributed by atoms with Crippen LogP contribution in [-0.4, -0.2) is 20.9 Å². The average Bonchev–Trinajstić information content (AvgIpc) is 2.79. The van der Waals surface area contributed by atoms with Crippen molar-refractivity contribution < 1.29 is 9.32 Å². The molecule has 1 atom stereocenters. The highest BCUT2D eigenvalue weighted by Crippen LogP contribution is 2.26. The van der Waals surface area contributed by atoms with Crippen molar-refractivity contribution in [2.45, 2.75) is 26.2 Å². The van der Waals surface area contributed by atoms with Gasteiger partial charge in [0, 0.05) is 10.7 Å². The van der Waals surface area contributed by atoms with Crippen molar-refractivity contribution in [3.05, 3.63) is 28.7 Å². The van der Waals surface area contributed by atoms with Crippen LogP contribution in [0.4, 0.5) is 0 Å². The van der Waals surface area contributed by atoms with Crippen LogP contribution in [0, 0.1) is 0 Å². The van der Waals surface area contributed by atoms with E-state index in [1.165, 1.54) is 6.92 Å². The number of ketones is 1. The van der Waals surface area contributed by atoms with Gasteiger partial charge in [-0.25, -0.2) is 0 Å². The molecule has 5 nitrogen and oxygen atoms in total. The molecule has 0 radical (unpaired) electrons. The van der Waals surface area contributed by atoms with E-state index in [0.717, 1.165) is 4.47 Å². The summed E-state index contributed by atoms with van der Waals surface area (Å²) in [5.41, 5.74) is 0.603. The van der Waals surface area contributed by atoms with Gasteiger partial charge in [-0.05, 0) is 41.4 Å². The molecule has 6 heteroatoms. The summed E-state index contributed by atoms with van der Waals surface area (Å²) >= 11 is 3.37. The summed E-state index contributed by atoms with van der Waals surface area (Å²) < 4.78 is 5.93. The molecule has 2 aromatic rings. The molecule has 94 valence electrons. The van der Waals surface area contributed by atoms with Crippen molar-refractivity contribution in [2.75, 3.05) is 0 Å². The third-order valence-corrected chi connectivity index (χ3v) is 3.25. The fourth-order valence-corrected chi connectivity index (χ4v) is 2.09. The highest BCUT2D eigenvalue weighted by molar-refractivity contribution is 9.10. The summed E-state index contributed by atoms with van der Waals surface area (Å²) in [6.07, 6.45) is 2.29. The SMILES string of the molecule is CCC(C(C)=O)c1nc(-c2ncccc2Br)no1. The number of nitrogens with zero attached hydrogens (tertiary/aromatic N) is 3. The molecule has 0 saturated carbocycles. The first kappa shape index (κ1) is 12.9. The van der Waals surface area contributed by atoms with Gasteiger partial charge < -0.3 is 4.52 Å². The maximum absolute atomic E-state index is 11.4. The van der Waals surface area contributed by atoms with Crippen LogP contribution in [0.5, 0.6) is 0 Å². The molecule has 0 aliphatic carbocycles. The molecule has 0 spiro atoms. The maximum Gasteiger partial charge on any atom is 0.237 e. The highest BCUT2D eigenvalue weighted by atomic mass is 79.9. The van der Waals surface area contributed by atoms with Crippen LogP contribution in [0.15, 0.2) is 27.3 Å². The van der Waals surface area contributed by atoms with Gasteiger partial charge in [0.2, 0.25) is 11.7 Å². The number of carbonyl (C=O) groups excluding carboxylic acids is 1. The molecular formula is C12H12BrN3O2. The maximum atomic E-state index is 11.4. The van der Waals surface area contributed by atoms with Crippen molar-refractivity contribution in [1.82, 2.24) is 15.1 Å². The van der Waals surface area contributed by atoms with Crippen LogP contribution in [0.25, 0.3) is 11.5 Å². The summed E-state index contributed by atoms with van der Waals surface area (Å²) in [5, 5.41) is 3.87. The first-order chi connectivity index (χ1) is 8.63. The van der Waals surface area contributed by atoms with Crippen LogP contribution in [0.3, 0.4) is 0 Å². The molecular weight excluding hydrogens is 298 g/mol. The van der Waals surface area contributed by atoms with Gasteiger partial charge in [-0.1, -0.05) is 12.1 Å². The minimum Gasteiger partial charge on any atom is -0.338 e. The van der Waals surface area contributed by atoms with E-state index in [1.54, 1.807) is 12.3 Å². The van der Waals surface area contributed by atoms with Crippen LogP contribution in [-0.2, 0) is 4.79 Å². The number of halogens is 1. The summed E-state index contributed by atoms with van der Waals surface area (Å²) in [7, 11) is 0. The largest absolute Gasteiger partial charge is 0.338 e. The van der Waals surface area contributed by atoms with Gasteiger partial charge in [0.1, 0.15) is 11.5 Å². The van der Waals surface area contributed by atoms with E-state index in [-0.39, 0.29) is 11.7 Å². The van der Waals surface area contributed by atoms with E-state index in [9.17, 15) is 4.79 Å². The predicted molar refractivity (Wildman–Crippen MR) is 68.9 cm³/mol. The molecule has 0 bridgehead atoms. The minimum absolute atomic E-state index is 0.0211. The van der Waals surface area contributed by atoms with Crippen molar-refractivity contribution in [3.8, 4) is 11.5 Å². The zero-order valence-corrected chi connectivity index (χ0v) is 11.6. The Balaban J connectivity index is 2.36. The summed E-state index contributed by atoms with van der Waals surface area (Å²) in [4.78, 5) is 19.9. The molecule has 0 aliphatic heterocycles. The van der Waals surface area contributed by atoms with Crippen molar-refractivity contribution in [3.63, 3.8) is 0 Å². The normalized spacial score (nSPS) is 12.4. The molecule has 18 heavy (non-hydrogen) atoms. The fraction of sp³-hybridized carbons (Fsp3) is 0.333. The topological polar surface area (TPSA) is 68.9 Å². The van der Waals surface area contributed by atoms with Gasteiger partial charge in [0.25, 0.3) is 0 Å². The Bertz CT molecular complexity index is 568. The zero-order valence-electron chi connectivity index (χ0n) is 10.1. The van der Waals surface area contributed by atoms with Gasteiger partial charge in [0.05, 0.1) is 5.92 Å². The van der Waals surface area contributed by atoms with Gasteiger partial charge in [-0.3, -0.25) is 9.78 Å². The Hall–Kier alpha value is -1.56. The molecule has 2 rings (SSSR count). The van der Waals surface area contributed by atoms with E-state index in [2.05, 4.69) is 31.1 Å². The molecule has 1 unspecified atom stereocenters. The smallest absolute Gasteiger partial charge is 0.237 e. The number of pyridine rings is 1. The molecule has 0 amide bonds. The Labute approximate surface area is 113 Å². The van der Waals surface area contributed by atoms with Gasteiger partial charge in [-0.2, -0.15) is 4.98 Å². The monoisotopic (exact) mass is 309 g/mol. The van der Waals surface area contributed by atoms with Gasteiger partial charge in [-0.15, -0.1) is 0 Å². The highest BCUT2D eigenvalue weighted by Gasteiger charge is 2.22. The number of carbonyl (C=O) groups is 1. The van der Waals surface area contributed by atoms with Crippen LogP contribution < -0.4 is 0 Å². The zero-order chi connectivity index (χ0) is 13.1. The number of Topliss-reactive ketones (excluding diaryl/α,β-unsaturated/α-hetero) is 1. The van der Waals surface area contributed by atoms with Crippen LogP contribution >= 0.6 is 15.9 Å². The third kappa shape index (κ3) is 2.48. The first-order valence-corrected chi connectivity index (χ1v) is 6.37. The Morgan fingerprint density at radius 2 is 2.33 bits per heavy atom. The lowest BCUT2D eigenvalue weighted by molar-refractivity contribution is -0.119. The Morgan fingerprint density at radius 1 is 1.56 bits per heavy atom. The second kappa shape index (κ2) is 5.39. The second-order valence-electron chi connectivity index (χ2n) is 3.86. The summed E-state index contributed by atoms with van der Waals surface area (Å²) in [5.74, 6) is 0.413. The molecule has 0 aliphatic rings.